The van der Waals surface area contributed by atoms with Crippen molar-refractivity contribution in [1.82, 2.24) is 4.90 Å². The highest BCUT2D eigenvalue weighted by Gasteiger charge is 2.59. The standard InChI is InChI=1S/C13H16N2O/c1-8-3-2-4-9(5-8)6-15-7-10-11(12(10)14)13(15)16/h2-5,10-12H,6-7,14H2,1H3. The molecule has 0 radical (unpaired) electrons. The number of carbonyl (C=O) groups is 1. The molecule has 1 amide bonds. The largest absolute Gasteiger partial charge is 0.338 e. The molecule has 3 heteroatoms. The van der Waals surface area contributed by atoms with Crippen LogP contribution >= 0.6 is 0 Å². The molecule has 16 heavy (non-hydrogen) atoms. The van der Waals surface area contributed by atoms with Gasteiger partial charge in [-0.15, -0.1) is 0 Å². The van der Waals surface area contributed by atoms with Crippen molar-refractivity contribution in [2.75, 3.05) is 6.54 Å². The fourth-order valence-electron chi connectivity index (χ4n) is 2.71. The van der Waals surface area contributed by atoms with Gasteiger partial charge in [0.25, 0.3) is 0 Å². The number of piperidine rings is 1. The molecule has 1 aliphatic carbocycles. The highest BCUT2D eigenvalue weighted by Crippen LogP contribution is 2.45. The van der Waals surface area contributed by atoms with E-state index in [1.165, 1.54) is 11.1 Å². The fraction of sp³-hybridized carbons (Fsp3) is 0.462. The minimum absolute atomic E-state index is 0.129. The van der Waals surface area contributed by atoms with Gasteiger partial charge in [-0.25, -0.2) is 0 Å². The maximum Gasteiger partial charge on any atom is 0.227 e. The zero-order chi connectivity index (χ0) is 11.3. The van der Waals surface area contributed by atoms with Gasteiger partial charge in [0.15, 0.2) is 0 Å². The number of carbonyl (C=O) groups excluding carboxylic acids is 1. The molecule has 2 fully saturated rings. The van der Waals surface area contributed by atoms with Crippen LogP contribution in [0.25, 0.3) is 0 Å². The SMILES string of the molecule is Cc1cccc(CN2CC3C(N)C3C2=O)c1. The monoisotopic (exact) mass is 216 g/mol. The first kappa shape index (κ1) is 9.85. The first-order chi connectivity index (χ1) is 7.66. The molecule has 3 nitrogen and oxygen atoms in total. The van der Waals surface area contributed by atoms with Crippen LogP contribution in [0.3, 0.4) is 0 Å². The van der Waals surface area contributed by atoms with Gasteiger partial charge in [-0.1, -0.05) is 29.8 Å². The molecule has 1 aromatic rings. The number of aryl methyl sites for hydroxylation is 1. The van der Waals surface area contributed by atoms with Crippen LogP contribution in [0.15, 0.2) is 24.3 Å². The normalized spacial score (nSPS) is 31.8. The Morgan fingerprint density at radius 1 is 1.50 bits per heavy atom. The predicted molar refractivity (Wildman–Crippen MR) is 61.6 cm³/mol. The Hall–Kier alpha value is -1.35. The topological polar surface area (TPSA) is 46.3 Å². The second-order valence-electron chi connectivity index (χ2n) is 4.97. The summed E-state index contributed by atoms with van der Waals surface area (Å²) in [6, 6.07) is 8.46. The molecular weight excluding hydrogens is 200 g/mol. The van der Waals surface area contributed by atoms with E-state index in [0.29, 0.717) is 5.92 Å². The van der Waals surface area contributed by atoms with Gasteiger partial charge in [-0.2, -0.15) is 0 Å². The average Bonchev–Trinajstić information content (AvgIpc) is 2.73. The summed E-state index contributed by atoms with van der Waals surface area (Å²) in [5.74, 6) is 0.807. The molecule has 1 aliphatic heterocycles. The van der Waals surface area contributed by atoms with Crippen LogP contribution in [0.1, 0.15) is 11.1 Å². The number of likely N-dealkylation sites (tertiary alicyclic amines) is 1. The Kier molecular flexibility index (Phi) is 2.04. The molecule has 1 saturated heterocycles. The molecule has 2 N–H and O–H groups in total. The maximum atomic E-state index is 11.9. The molecule has 3 rings (SSSR count). The number of hydrogen-bond acceptors (Lipinski definition) is 2. The van der Waals surface area contributed by atoms with E-state index in [2.05, 4.69) is 25.1 Å². The number of fused-ring (bicyclic) bond motifs is 1. The predicted octanol–water partition coefficient (Wildman–Crippen LogP) is 0.911. The molecule has 2 aliphatic rings. The third-order valence-corrected chi connectivity index (χ3v) is 3.71. The zero-order valence-electron chi connectivity index (χ0n) is 9.39. The molecule has 1 saturated carbocycles. The Balaban J connectivity index is 1.71. The van der Waals surface area contributed by atoms with Crippen molar-refractivity contribution in [3.8, 4) is 0 Å². The van der Waals surface area contributed by atoms with Gasteiger partial charge in [0.05, 0.1) is 5.92 Å². The summed E-state index contributed by atoms with van der Waals surface area (Å²) in [6.07, 6.45) is 0. The molecule has 3 atom stereocenters. The number of hydrogen-bond donors (Lipinski definition) is 1. The first-order valence-corrected chi connectivity index (χ1v) is 5.77. The summed E-state index contributed by atoms with van der Waals surface area (Å²) >= 11 is 0. The lowest BCUT2D eigenvalue weighted by Gasteiger charge is -2.19. The van der Waals surface area contributed by atoms with Gasteiger partial charge >= 0.3 is 0 Å². The van der Waals surface area contributed by atoms with Gasteiger partial charge in [0, 0.05) is 25.0 Å². The second kappa shape index (κ2) is 3.32. The third-order valence-electron chi connectivity index (χ3n) is 3.71. The summed E-state index contributed by atoms with van der Waals surface area (Å²) in [5.41, 5.74) is 8.25. The van der Waals surface area contributed by atoms with E-state index < -0.39 is 0 Å². The van der Waals surface area contributed by atoms with E-state index in [9.17, 15) is 4.79 Å². The average molecular weight is 216 g/mol. The van der Waals surface area contributed by atoms with Crippen LogP contribution in [-0.2, 0) is 11.3 Å². The molecule has 1 aromatic carbocycles. The van der Waals surface area contributed by atoms with Crippen LogP contribution in [0.2, 0.25) is 0 Å². The minimum atomic E-state index is 0.129. The molecule has 0 aromatic heterocycles. The van der Waals surface area contributed by atoms with Crippen LogP contribution in [0.4, 0.5) is 0 Å². The van der Waals surface area contributed by atoms with Crippen molar-refractivity contribution in [2.45, 2.75) is 19.5 Å². The van der Waals surface area contributed by atoms with Gasteiger partial charge in [-0.3, -0.25) is 4.79 Å². The van der Waals surface area contributed by atoms with Crippen LogP contribution in [0, 0.1) is 18.8 Å². The van der Waals surface area contributed by atoms with Gasteiger partial charge in [0.1, 0.15) is 0 Å². The Morgan fingerprint density at radius 2 is 2.31 bits per heavy atom. The van der Waals surface area contributed by atoms with Gasteiger partial charge in [-0.05, 0) is 12.5 Å². The van der Waals surface area contributed by atoms with Crippen molar-refractivity contribution >= 4 is 5.91 Å². The molecule has 0 spiro atoms. The molecular formula is C13H16N2O. The molecule has 84 valence electrons. The first-order valence-electron chi connectivity index (χ1n) is 5.77. The van der Waals surface area contributed by atoms with Crippen LogP contribution in [-0.4, -0.2) is 23.4 Å². The van der Waals surface area contributed by atoms with Crippen molar-refractivity contribution in [3.63, 3.8) is 0 Å². The summed E-state index contributed by atoms with van der Waals surface area (Å²) in [6.45, 7) is 3.65. The van der Waals surface area contributed by atoms with Gasteiger partial charge < -0.3 is 10.6 Å². The minimum Gasteiger partial charge on any atom is -0.338 e. The number of nitrogens with two attached hydrogens (primary N) is 1. The number of amides is 1. The number of nitrogens with zero attached hydrogens (tertiary/aromatic N) is 1. The van der Waals surface area contributed by atoms with E-state index in [1.807, 2.05) is 11.0 Å². The third kappa shape index (κ3) is 1.43. The second-order valence-corrected chi connectivity index (χ2v) is 4.97. The fourth-order valence-corrected chi connectivity index (χ4v) is 2.71. The number of benzene rings is 1. The van der Waals surface area contributed by atoms with E-state index in [-0.39, 0.29) is 17.9 Å². The Labute approximate surface area is 95.2 Å². The lowest BCUT2D eigenvalue weighted by molar-refractivity contribution is -0.130. The highest BCUT2D eigenvalue weighted by molar-refractivity contribution is 5.86. The van der Waals surface area contributed by atoms with Gasteiger partial charge in [0.2, 0.25) is 5.91 Å². The Bertz CT molecular complexity index is 443. The molecule has 3 unspecified atom stereocenters. The maximum absolute atomic E-state index is 11.9. The van der Waals surface area contributed by atoms with Crippen molar-refractivity contribution in [2.24, 2.45) is 17.6 Å². The lowest BCUT2D eigenvalue weighted by Crippen LogP contribution is -2.32. The molecule has 0 bridgehead atoms. The lowest BCUT2D eigenvalue weighted by atomic mass is 10.1. The summed E-state index contributed by atoms with van der Waals surface area (Å²) in [7, 11) is 0. The van der Waals surface area contributed by atoms with Crippen molar-refractivity contribution in [3.05, 3.63) is 35.4 Å². The van der Waals surface area contributed by atoms with E-state index in [1.54, 1.807) is 0 Å². The van der Waals surface area contributed by atoms with Crippen LogP contribution in [0.5, 0.6) is 0 Å². The van der Waals surface area contributed by atoms with Crippen molar-refractivity contribution < 1.29 is 4.79 Å². The van der Waals surface area contributed by atoms with E-state index in [4.69, 9.17) is 5.73 Å². The number of rotatable bonds is 2. The van der Waals surface area contributed by atoms with Crippen molar-refractivity contribution in [1.29, 1.82) is 0 Å². The van der Waals surface area contributed by atoms with Crippen LogP contribution < -0.4 is 5.73 Å². The zero-order valence-corrected chi connectivity index (χ0v) is 9.39. The van der Waals surface area contributed by atoms with E-state index in [0.717, 1.165) is 13.1 Å². The summed E-state index contributed by atoms with van der Waals surface area (Å²) in [4.78, 5) is 13.8. The quantitative estimate of drug-likeness (QED) is 0.798. The smallest absolute Gasteiger partial charge is 0.227 e. The Morgan fingerprint density at radius 3 is 2.94 bits per heavy atom. The molecule has 1 heterocycles. The summed E-state index contributed by atoms with van der Waals surface area (Å²) in [5, 5.41) is 0. The summed E-state index contributed by atoms with van der Waals surface area (Å²) < 4.78 is 0. The highest BCUT2D eigenvalue weighted by atomic mass is 16.2. The van der Waals surface area contributed by atoms with E-state index >= 15 is 0 Å².